The SMILES string of the molecule is CC(=O)/C=C(/C)O.Cc1cnc2cnc3c(c2c1)C(C)(C)c1cccc2cc[c-]c-3c12.[Ir]. The molecule has 2 heterocycles. The van der Waals surface area contributed by atoms with Crippen molar-refractivity contribution in [3.05, 3.63) is 83.4 Å². The van der Waals surface area contributed by atoms with Gasteiger partial charge in [0.15, 0.2) is 5.78 Å². The molecule has 4 nitrogen and oxygen atoms in total. The molecule has 1 aliphatic carbocycles. The number of nitrogens with zero attached hydrogens (tertiary/aromatic N) is 2. The molecule has 0 atom stereocenters. The summed E-state index contributed by atoms with van der Waals surface area (Å²) < 4.78 is 0. The van der Waals surface area contributed by atoms with Gasteiger partial charge < -0.3 is 10.1 Å². The van der Waals surface area contributed by atoms with Crippen molar-refractivity contribution in [2.75, 3.05) is 0 Å². The Kier molecular flexibility index (Phi) is 6.64. The van der Waals surface area contributed by atoms with Crippen LogP contribution in [0.5, 0.6) is 0 Å². The van der Waals surface area contributed by atoms with Crippen molar-refractivity contribution in [1.29, 1.82) is 0 Å². The molecule has 4 aromatic rings. The summed E-state index contributed by atoms with van der Waals surface area (Å²) in [5.74, 6) is -0.0625. The van der Waals surface area contributed by atoms with Gasteiger partial charge in [-0.2, -0.15) is 0 Å². The molecule has 0 aliphatic heterocycles. The van der Waals surface area contributed by atoms with Gasteiger partial charge in [0.05, 0.1) is 11.3 Å². The number of ketones is 1. The average molecular weight is 602 g/mol. The standard InChI is InChI=1S/C22H17N2.C5H8O2.Ir/c1-13-10-16-18(23-11-13)12-24-21-15-8-4-6-14-7-5-9-17(19(14)15)22(2,3)20(16)21;1-4(6)3-5(2)7;/h4-7,9-12H,1-3H3;3,6H,1-2H3;/q-1;;/b;4-3-;. The zero-order chi connectivity index (χ0) is 22.3. The number of allylic oxidation sites excluding steroid dienone is 2. The minimum absolute atomic E-state index is 0. The Bertz CT molecular complexity index is 1360. The third kappa shape index (κ3) is 4.11. The summed E-state index contributed by atoms with van der Waals surface area (Å²) in [7, 11) is 0. The smallest absolute Gasteiger partial charge is 0.155 e. The number of benzene rings is 2. The molecule has 1 N–H and O–H groups in total. The predicted octanol–water partition coefficient (Wildman–Crippen LogP) is 6.23. The van der Waals surface area contributed by atoms with Crippen LogP contribution in [-0.2, 0) is 30.3 Å². The molecule has 32 heavy (non-hydrogen) atoms. The molecule has 2 aromatic heterocycles. The minimum atomic E-state index is -0.126. The van der Waals surface area contributed by atoms with Crippen molar-refractivity contribution in [2.45, 2.75) is 40.0 Å². The first-order valence-corrected chi connectivity index (χ1v) is 10.3. The van der Waals surface area contributed by atoms with Gasteiger partial charge in [0.1, 0.15) is 0 Å². The van der Waals surface area contributed by atoms with Crippen molar-refractivity contribution in [3.8, 4) is 11.3 Å². The first-order valence-electron chi connectivity index (χ1n) is 10.3. The van der Waals surface area contributed by atoms with E-state index >= 15 is 0 Å². The Morgan fingerprint density at radius 1 is 1.12 bits per heavy atom. The summed E-state index contributed by atoms with van der Waals surface area (Å²) in [6.07, 6.45) is 4.97. The Labute approximate surface area is 201 Å². The van der Waals surface area contributed by atoms with Crippen LogP contribution in [0.15, 0.2) is 60.6 Å². The number of fused-ring (bicyclic) bond motifs is 4. The first kappa shape index (κ1) is 23.8. The fourth-order valence-electron chi connectivity index (χ4n) is 4.43. The zero-order valence-electron chi connectivity index (χ0n) is 18.8. The molecular formula is C27H25IrN2O2-. The predicted molar refractivity (Wildman–Crippen MR) is 125 cm³/mol. The molecule has 2 aromatic carbocycles. The van der Waals surface area contributed by atoms with E-state index in [1.54, 1.807) is 0 Å². The van der Waals surface area contributed by atoms with Crippen LogP contribution < -0.4 is 0 Å². The van der Waals surface area contributed by atoms with E-state index in [1.165, 1.54) is 52.8 Å². The summed E-state index contributed by atoms with van der Waals surface area (Å²) in [5, 5.41) is 12.1. The summed E-state index contributed by atoms with van der Waals surface area (Å²) >= 11 is 0. The van der Waals surface area contributed by atoms with Crippen molar-refractivity contribution in [1.82, 2.24) is 9.97 Å². The number of aromatic nitrogens is 2. The topological polar surface area (TPSA) is 63.1 Å². The molecule has 0 spiro atoms. The van der Waals surface area contributed by atoms with Crippen molar-refractivity contribution in [2.24, 2.45) is 0 Å². The van der Waals surface area contributed by atoms with E-state index in [-0.39, 0.29) is 37.1 Å². The maximum absolute atomic E-state index is 10.0. The number of aliphatic hydroxyl groups excluding tert-OH is 1. The number of hydrogen-bond acceptors (Lipinski definition) is 4. The molecule has 0 saturated heterocycles. The van der Waals surface area contributed by atoms with Crippen LogP contribution in [0, 0.1) is 13.0 Å². The quantitative estimate of drug-likeness (QED) is 0.160. The van der Waals surface area contributed by atoms with Crippen molar-refractivity contribution in [3.63, 3.8) is 0 Å². The van der Waals surface area contributed by atoms with Crippen LogP contribution >= 0.6 is 0 Å². The summed E-state index contributed by atoms with van der Waals surface area (Å²) in [5.41, 5.74) is 6.77. The molecular weight excluding hydrogens is 577 g/mol. The van der Waals surface area contributed by atoms with Gasteiger partial charge in [-0.3, -0.25) is 9.78 Å². The third-order valence-electron chi connectivity index (χ3n) is 5.66. The van der Waals surface area contributed by atoms with E-state index in [9.17, 15) is 4.79 Å². The summed E-state index contributed by atoms with van der Waals surface area (Å²) in [6, 6.07) is 16.4. The number of carbonyl (C=O) groups excluding carboxylic acids is 1. The molecule has 165 valence electrons. The first-order chi connectivity index (χ1) is 14.7. The van der Waals surface area contributed by atoms with E-state index in [4.69, 9.17) is 10.1 Å². The van der Waals surface area contributed by atoms with E-state index in [0.29, 0.717) is 0 Å². The van der Waals surface area contributed by atoms with Crippen LogP contribution in [0.3, 0.4) is 0 Å². The van der Waals surface area contributed by atoms with E-state index in [1.807, 2.05) is 18.5 Å². The molecule has 0 saturated carbocycles. The molecule has 1 radical (unpaired) electrons. The maximum atomic E-state index is 10.0. The molecule has 0 fully saturated rings. The van der Waals surface area contributed by atoms with Crippen LogP contribution in [0.2, 0.25) is 0 Å². The van der Waals surface area contributed by atoms with Gasteiger partial charge in [-0.25, -0.2) is 0 Å². The average Bonchev–Trinajstić information content (AvgIpc) is 2.70. The van der Waals surface area contributed by atoms with Gasteiger partial charge in [0.25, 0.3) is 0 Å². The maximum Gasteiger partial charge on any atom is 0.155 e. The third-order valence-corrected chi connectivity index (χ3v) is 5.66. The van der Waals surface area contributed by atoms with Gasteiger partial charge in [0.2, 0.25) is 0 Å². The molecule has 5 rings (SSSR count). The Hall–Kier alpha value is -2.88. The fraction of sp³-hybridized carbons (Fsp3) is 0.222. The van der Waals surface area contributed by atoms with Crippen LogP contribution in [-0.4, -0.2) is 20.9 Å². The van der Waals surface area contributed by atoms with Crippen LogP contribution in [0.25, 0.3) is 32.9 Å². The number of aryl methyl sites for hydroxylation is 1. The zero-order valence-corrected chi connectivity index (χ0v) is 21.2. The number of hydrogen-bond donors (Lipinski definition) is 1. The van der Waals surface area contributed by atoms with Crippen LogP contribution in [0.1, 0.15) is 44.4 Å². The molecule has 5 heteroatoms. The second-order valence-corrected chi connectivity index (χ2v) is 8.57. The molecule has 1 aliphatic rings. The Morgan fingerprint density at radius 3 is 2.53 bits per heavy atom. The summed E-state index contributed by atoms with van der Waals surface area (Å²) in [4.78, 5) is 19.4. The second-order valence-electron chi connectivity index (χ2n) is 8.57. The molecule has 0 amide bonds. The van der Waals surface area contributed by atoms with Gasteiger partial charge in [-0.05, 0) is 49.0 Å². The van der Waals surface area contributed by atoms with Crippen molar-refractivity contribution >= 4 is 27.5 Å². The number of pyridine rings is 2. The Morgan fingerprint density at radius 2 is 1.88 bits per heavy atom. The van der Waals surface area contributed by atoms with Gasteiger partial charge >= 0.3 is 0 Å². The fourth-order valence-corrected chi connectivity index (χ4v) is 4.43. The van der Waals surface area contributed by atoms with Gasteiger partial charge in [-0.15, -0.1) is 29.1 Å². The van der Waals surface area contributed by atoms with E-state index in [0.717, 1.165) is 16.8 Å². The van der Waals surface area contributed by atoms with Crippen molar-refractivity contribution < 1.29 is 30.0 Å². The molecule has 0 bridgehead atoms. The second kappa shape index (κ2) is 8.93. The Balaban J connectivity index is 0.000000318. The largest absolute Gasteiger partial charge is 0.512 e. The number of carbonyl (C=O) groups is 1. The molecule has 0 unspecified atom stereocenters. The number of rotatable bonds is 1. The van der Waals surface area contributed by atoms with Gasteiger partial charge in [0, 0.05) is 44.0 Å². The number of aliphatic hydroxyl groups is 1. The summed E-state index contributed by atoms with van der Waals surface area (Å²) in [6.45, 7) is 9.52. The minimum Gasteiger partial charge on any atom is -0.512 e. The van der Waals surface area contributed by atoms with E-state index < -0.39 is 0 Å². The normalized spacial score (nSPS) is 13.6. The van der Waals surface area contributed by atoms with E-state index in [2.05, 4.69) is 62.2 Å². The van der Waals surface area contributed by atoms with Crippen LogP contribution in [0.4, 0.5) is 0 Å². The van der Waals surface area contributed by atoms with Gasteiger partial charge in [-0.1, -0.05) is 43.0 Å². The monoisotopic (exact) mass is 602 g/mol.